The van der Waals surface area contributed by atoms with Gasteiger partial charge in [-0.15, -0.1) is 13.2 Å². The van der Waals surface area contributed by atoms with E-state index in [0.717, 1.165) is 18.5 Å². The predicted octanol–water partition coefficient (Wildman–Crippen LogP) is 0.682. The van der Waals surface area contributed by atoms with Gasteiger partial charge in [0.1, 0.15) is 0 Å². The maximum absolute atomic E-state index is 11.8. The van der Waals surface area contributed by atoms with Crippen LogP contribution < -0.4 is 0 Å². The summed E-state index contributed by atoms with van der Waals surface area (Å²) in [7, 11) is 0. The van der Waals surface area contributed by atoms with E-state index in [9.17, 15) is 13.2 Å². The second-order valence-electron chi connectivity index (χ2n) is 1.86. The number of halogens is 3. The van der Waals surface area contributed by atoms with Crippen molar-refractivity contribution >= 4 is 6.21 Å². The number of nitrogens with zero attached hydrogens (tertiary/aromatic N) is 2. The van der Waals surface area contributed by atoms with Crippen LogP contribution in [0.3, 0.4) is 0 Å². The summed E-state index contributed by atoms with van der Waals surface area (Å²) in [6.07, 6.45) is -3.50. The number of aliphatic hydroxyl groups is 1. The number of aliphatic imine (C=N–C) groups is 1. The molecule has 0 spiro atoms. The van der Waals surface area contributed by atoms with Crippen LogP contribution in [0.1, 0.15) is 0 Å². The summed E-state index contributed by atoms with van der Waals surface area (Å²) in [5, 5.41) is 8.66. The Morgan fingerprint density at radius 2 is 2.09 bits per heavy atom. The molecule has 0 aromatic carbocycles. The Morgan fingerprint density at radius 3 is 2.45 bits per heavy atom. The van der Waals surface area contributed by atoms with Crippen LogP contribution in [0.5, 0.6) is 0 Å². The average molecular weight is 166 g/mol. The van der Waals surface area contributed by atoms with Gasteiger partial charge >= 0.3 is 6.30 Å². The van der Waals surface area contributed by atoms with Gasteiger partial charge in [-0.05, 0) is 6.08 Å². The third kappa shape index (κ3) is 1.70. The fourth-order valence-electron chi connectivity index (χ4n) is 0.622. The van der Waals surface area contributed by atoms with Gasteiger partial charge in [0.25, 0.3) is 0 Å². The molecule has 3 nitrogen and oxygen atoms in total. The molecule has 1 heterocycles. The SMILES string of the molecule is OC1N=CC=CN1C(F)(F)F. The third-order valence-corrected chi connectivity index (χ3v) is 1.09. The fourth-order valence-corrected chi connectivity index (χ4v) is 0.622. The summed E-state index contributed by atoms with van der Waals surface area (Å²) in [4.78, 5) is 2.93. The molecule has 1 unspecified atom stereocenters. The molecule has 0 fully saturated rings. The van der Waals surface area contributed by atoms with Crippen LogP contribution in [0, 0.1) is 0 Å². The van der Waals surface area contributed by atoms with Gasteiger partial charge < -0.3 is 5.11 Å². The molecule has 1 aliphatic heterocycles. The highest BCUT2D eigenvalue weighted by Gasteiger charge is 2.39. The highest BCUT2D eigenvalue weighted by Crippen LogP contribution is 2.24. The van der Waals surface area contributed by atoms with Gasteiger partial charge in [-0.1, -0.05) is 0 Å². The van der Waals surface area contributed by atoms with Crippen molar-refractivity contribution in [3.63, 3.8) is 0 Å². The molecule has 0 aliphatic carbocycles. The molecule has 0 saturated heterocycles. The largest absolute Gasteiger partial charge is 0.488 e. The highest BCUT2D eigenvalue weighted by atomic mass is 19.4. The Bertz CT molecular complexity index is 198. The minimum Gasteiger partial charge on any atom is -0.355 e. The fraction of sp³-hybridized carbons (Fsp3) is 0.400. The van der Waals surface area contributed by atoms with E-state index in [-0.39, 0.29) is 4.90 Å². The zero-order valence-electron chi connectivity index (χ0n) is 5.28. The molecule has 0 radical (unpaired) electrons. The molecular formula is C5H5F3N2O. The van der Waals surface area contributed by atoms with E-state index in [1.54, 1.807) is 0 Å². The first-order valence-corrected chi connectivity index (χ1v) is 2.75. The zero-order chi connectivity index (χ0) is 8.48. The standard InChI is InChI=1S/C5H5F3N2O/c6-5(7,8)10-3-1-2-9-4(10)11/h1-4,11H. The monoisotopic (exact) mass is 166 g/mol. The van der Waals surface area contributed by atoms with Crippen LogP contribution in [0.4, 0.5) is 13.2 Å². The van der Waals surface area contributed by atoms with Crippen molar-refractivity contribution in [1.29, 1.82) is 0 Å². The summed E-state index contributed by atoms with van der Waals surface area (Å²) in [5.41, 5.74) is 0. The molecule has 1 atom stereocenters. The van der Waals surface area contributed by atoms with Crippen LogP contribution in [0.25, 0.3) is 0 Å². The van der Waals surface area contributed by atoms with Crippen LogP contribution >= 0.6 is 0 Å². The normalized spacial score (nSPS) is 24.4. The van der Waals surface area contributed by atoms with E-state index < -0.39 is 12.7 Å². The number of allylic oxidation sites excluding steroid dienone is 1. The number of alkyl halides is 3. The van der Waals surface area contributed by atoms with E-state index >= 15 is 0 Å². The molecule has 0 saturated carbocycles. The first kappa shape index (κ1) is 8.06. The second-order valence-corrected chi connectivity index (χ2v) is 1.86. The number of rotatable bonds is 0. The van der Waals surface area contributed by atoms with Crippen molar-refractivity contribution in [2.24, 2.45) is 4.99 Å². The van der Waals surface area contributed by atoms with Crippen LogP contribution in [0.2, 0.25) is 0 Å². The lowest BCUT2D eigenvalue weighted by atomic mass is 10.5. The second kappa shape index (κ2) is 2.54. The molecule has 0 aromatic rings. The van der Waals surface area contributed by atoms with Gasteiger partial charge in [-0.25, -0.2) is 9.89 Å². The van der Waals surface area contributed by atoms with Crippen molar-refractivity contribution in [3.8, 4) is 0 Å². The first-order chi connectivity index (χ1) is 5.02. The number of hydrogen-bond acceptors (Lipinski definition) is 3. The third-order valence-electron chi connectivity index (χ3n) is 1.09. The smallest absolute Gasteiger partial charge is 0.355 e. The number of hydrogen-bond donors (Lipinski definition) is 1. The summed E-state index contributed by atoms with van der Waals surface area (Å²) in [5.74, 6) is 0. The van der Waals surface area contributed by atoms with Crippen LogP contribution in [-0.2, 0) is 0 Å². The lowest BCUT2D eigenvalue weighted by molar-refractivity contribution is -0.263. The summed E-state index contributed by atoms with van der Waals surface area (Å²) < 4.78 is 35.5. The van der Waals surface area contributed by atoms with E-state index in [1.165, 1.54) is 0 Å². The molecule has 1 N–H and O–H groups in total. The van der Waals surface area contributed by atoms with Crippen LogP contribution in [-0.4, -0.2) is 28.9 Å². The lowest BCUT2D eigenvalue weighted by Gasteiger charge is -2.26. The first-order valence-electron chi connectivity index (χ1n) is 2.75. The topological polar surface area (TPSA) is 35.8 Å². The van der Waals surface area contributed by atoms with Gasteiger partial charge in [-0.2, -0.15) is 0 Å². The molecule has 0 aromatic heterocycles. The van der Waals surface area contributed by atoms with Crippen molar-refractivity contribution in [2.75, 3.05) is 0 Å². The Morgan fingerprint density at radius 1 is 1.45 bits per heavy atom. The van der Waals surface area contributed by atoms with E-state index in [0.29, 0.717) is 0 Å². The van der Waals surface area contributed by atoms with Gasteiger partial charge in [0, 0.05) is 12.4 Å². The minimum absolute atomic E-state index is 0.201. The highest BCUT2D eigenvalue weighted by molar-refractivity contribution is 5.71. The maximum Gasteiger partial charge on any atom is 0.488 e. The van der Waals surface area contributed by atoms with E-state index in [2.05, 4.69) is 4.99 Å². The molecule has 0 amide bonds. The number of aliphatic hydroxyl groups excluding tert-OH is 1. The summed E-state index contributed by atoms with van der Waals surface area (Å²) in [6, 6.07) is 0. The van der Waals surface area contributed by atoms with Crippen molar-refractivity contribution in [2.45, 2.75) is 12.7 Å². The maximum atomic E-state index is 11.8. The van der Waals surface area contributed by atoms with E-state index in [4.69, 9.17) is 5.11 Å². The molecule has 62 valence electrons. The summed E-state index contributed by atoms with van der Waals surface area (Å²) >= 11 is 0. The predicted molar refractivity (Wildman–Crippen MR) is 31.5 cm³/mol. The average Bonchev–Trinajstić information content (AvgIpc) is 1.86. The quantitative estimate of drug-likeness (QED) is 0.537. The van der Waals surface area contributed by atoms with Crippen molar-refractivity contribution in [1.82, 2.24) is 4.90 Å². The Balaban J connectivity index is 2.74. The van der Waals surface area contributed by atoms with Gasteiger partial charge in [0.2, 0.25) is 6.35 Å². The molecule has 0 bridgehead atoms. The minimum atomic E-state index is -4.58. The Kier molecular flexibility index (Phi) is 1.86. The summed E-state index contributed by atoms with van der Waals surface area (Å²) in [6.45, 7) is 0. The van der Waals surface area contributed by atoms with E-state index in [1.807, 2.05) is 0 Å². The zero-order valence-corrected chi connectivity index (χ0v) is 5.28. The van der Waals surface area contributed by atoms with Crippen molar-refractivity contribution < 1.29 is 18.3 Å². The van der Waals surface area contributed by atoms with Gasteiger partial charge in [0.05, 0.1) is 0 Å². The van der Waals surface area contributed by atoms with Crippen molar-refractivity contribution in [3.05, 3.63) is 12.3 Å². The molecule has 6 heteroatoms. The van der Waals surface area contributed by atoms with Crippen LogP contribution in [0.15, 0.2) is 17.3 Å². The molecular weight excluding hydrogens is 161 g/mol. The molecule has 11 heavy (non-hydrogen) atoms. The lowest BCUT2D eigenvalue weighted by Crippen LogP contribution is -2.41. The van der Waals surface area contributed by atoms with Gasteiger partial charge in [-0.3, -0.25) is 0 Å². The van der Waals surface area contributed by atoms with Gasteiger partial charge in [0.15, 0.2) is 0 Å². The molecule has 1 aliphatic rings. The molecule has 1 rings (SSSR count). The Labute approximate surface area is 60.4 Å². The Hall–Kier alpha value is -1.04.